The summed E-state index contributed by atoms with van der Waals surface area (Å²) in [5.41, 5.74) is 2.48. The molecule has 0 aliphatic heterocycles. The molecule has 116 valence electrons. The number of carbonyl (C=O) groups is 1. The SMILES string of the molecule is O=C1/C(=N\O)C(c2ccccc2)(c2ccccc2)c2ccccc21. The molecule has 1 aliphatic carbocycles. The van der Waals surface area contributed by atoms with Gasteiger partial charge in [0.25, 0.3) is 0 Å². The molecule has 1 aliphatic rings. The van der Waals surface area contributed by atoms with Crippen LogP contribution in [-0.4, -0.2) is 16.7 Å². The number of fused-ring (bicyclic) bond motifs is 1. The van der Waals surface area contributed by atoms with Gasteiger partial charge in [-0.15, -0.1) is 0 Å². The van der Waals surface area contributed by atoms with E-state index in [1.54, 1.807) is 6.07 Å². The van der Waals surface area contributed by atoms with Crippen molar-refractivity contribution in [3.63, 3.8) is 0 Å². The van der Waals surface area contributed by atoms with Gasteiger partial charge in [0, 0.05) is 5.56 Å². The second kappa shape index (κ2) is 5.46. The Morgan fingerprint density at radius 2 is 1.21 bits per heavy atom. The molecule has 0 amide bonds. The molecule has 3 aromatic rings. The molecule has 0 unspecified atom stereocenters. The van der Waals surface area contributed by atoms with Crippen LogP contribution in [0.3, 0.4) is 0 Å². The normalized spacial score (nSPS) is 17.0. The average Bonchev–Trinajstić information content (AvgIpc) is 2.92. The van der Waals surface area contributed by atoms with E-state index >= 15 is 0 Å². The molecule has 0 fully saturated rings. The molecule has 0 bridgehead atoms. The van der Waals surface area contributed by atoms with E-state index in [1.807, 2.05) is 78.9 Å². The van der Waals surface area contributed by atoms with Gasteiger partial charge in [0.05, 0.1) is 5.41 Å². The molecule has 1 N–H and O–H groups in total. The minimum atomic E-state index is -0.898. The van der Waals surface area contributed by atoms with Crippen molar-refractivity contribution in [2.45, 2.75) is 5.41 Å². The summed E-state index contributed by atoms with van der Waals surface area (Å²) in [6.45, 7) is 0. The standard InChI is InChI=1S/C21H15NO2/c23-19-17-13-7-8-14-18(17)21(20(19)22-24,15-9-3-1-4-10-15)16-11-5-2-6-12-16/h1-14,24H/b22-20+. The minimum absolute atomic E-state index is 0.140. The molecule has 24 heavy (non-hydrogen) atoms. The topological polar surface area (TPSA) is 49.7 Å². The molecule has 0 radical (unpaired) electrons. The van der Waals surface area contributed by atoms with Crippen molar-refractivity contribution in [1.29, 1.82) is 0 Å². The summed E-state index contributed by atoms with van der Waals surface area (Å²) in [4.78, 5) is 12.9. The van der Waals surface area contributed by atoms with Crippen LogP contribution in [0, 0.1) is 0 Å². The summed E-state index contributed by atoms with van der Waals surface area (Å²) in [5, 5.41) is 13.2. The maximum absolute atomic E-state index is 12.9. The predicted molar refractivity (Wildman–Crippen MR) is 92.8 cm³/mol. The minimum Gasteiger partial charge on any atom is -0.410 e. The Morgan fingerprint density at radius 3 is 1.75 bits per heavy atom. The lowest BCUT2D eigenvalue weighted by atomic mass is 9.69. The number of rotatable bonds is 2. The van der Waals surface area contributed by atoms with Gasteiger partial charge in [-0.2, -0.15) is 0 Å². The van der Waals surface area contributed by atoms with Crippen LogP contribution in [-0.2, 0) is 5.41 Å². The van der Waals surface area contributed by atoms with Gasteiger partial charge in [0.2, 0.25) is 5.78 Å². The van der Waals surface area contributed by atoms with Crippen molar-refractivity contribution < 1.29 is 10.0 Å². The highest BCUT2D eigenvalue weighted by Gasteiger charge is 2.52. The second-order valence-corrected chi connectivity index (χ2v) is 5.81. The van der Waals surface area contributed by atoms with Gasteiger partial charge in [-0.25, -0.2) is 0 Å². The van der Waals surface area contributed by atoms with E-state index in [2.05, 4.69) is 5.16 Å². The zero-order valence-corrected chi connectivity index (χ0v) is 12.9. The van der Waals surface area contributed by atoms with Gasteiger partial charge in [-0.05, 0) is 16.7 Å². The highest BCUT2D eigenvalue weighted by atomic mass is 16.4. The highest BCUT2D eigenvalue weighted by molar-refractivity contribution is 6.53. The third-order valence-electron chi connectivity index (χ3n) is 4.66. The van der Waals surface area contributed by atoms with Crippen LogP contribution in [0.1, 0.15) is 27.0 Å². The third-order valence-corrected chi connectivity index (χ3v) is 4.66. The number of benzene rings is 3. The van der Waals surface area contributed by atoms with E-state index in [9.17, 15) is 10.0 Å². The van der Waals surface area contributed by atoms with E-state index in [4.69, 9.17) is 0 Å². The van der Waals surface area contributed by atoms with E-state index in [1.165, 1.54) is 0 Å². The lowest BCUT2D eigenvalue weighted by molar-refractivity contribution is 0.106. The molecular weight excluding hydrogens is 298 g/mol. The number of hydrogen-bond donors (Lipinski definition) is 1. The Bertz CT molecular complexity index is 891. The van der Waals surface area contributed by atoms with Crippen LogP contribution in [0.25, 0.3) is 0 Å². The van der Waals surface area contributed by atoms with Gasteiger partial charge in [-0.1, -0.05) is 90.1 Å². The highest BCUT2D eigenvalue weighted by Crippen LogP contribution is 2.47. The molecule has 0 saturated heterocycles. The van der Waals surface area contributed by atoms with Crippen LogP contribution >= 0.6 is 0 Å². The van der Waals surface area contributed by atoms with Crippen molar-refractivity contribution in [1.82, 2.24) is 0 Å². The maximum Gasteiger partial charge on any atom is 0.212 e. The van der Waals surface area contributed by atoms with Crippen molar-refractivity contribution >= 4 is 11.5 Å². The Labute approximate surface area is 139 Å². The quantitative estimate of drug-likeness (QED) is 0.573. The first-order valence-electron chi connectivity index (χ1n) is 7.78. The van der Waals surface area contributed by atoms with E-state index in [0.29, 0.717) is 5.56 Å². The molecule has 0 atom stereocenters. The lowest BCUT2D eigenvalue weighted by Crippen LogP contribution is -2.37. The van der Waals surface area contributed by atoms with Gasteiger partial charge in [0.1, 0.15) is 5.71 Å². The number of Topliss-reactive ketones (excluding diaryl/α,β-unsaturated/α-hetero) is 1. The van der Waals surface area contributed by atoms with E-state index in [-0.39, 0.29) is 11.5 Å². The molecule has 0 aromatic heterocycles. The predicted octanol–water partition coefficient (Wildman–Crippen LogP) is 4.05. The van der Waals surface area contributed by atoms with Crippen molar-refractivity contribution in [2.75, 3.05) is 0 Å². The lowest BCUT2D eigenvalue weighted by Gasteiger charge is -2.31. The van der Waals surface area contributed by atoms with Crippen LogP contribution in [0.15, 0.2) is 90.1 Å². The fraction of sp³-hybridized carbons (Fsp3) is 0.0476. The van der Waals surface area contributed by atoms with Crippen LogP contribution in [0.5, 0.6) is 0 Å². The van der Waals surface area contributed by atoms with Crippen LogP contribution in [0.2, 0.25) is 0 Å². The molecule has 3 aromatic carbocycles. The first-order valence-corrected chi connectivity index (χ1v) is 7.78. The van der Waals surface area contributed by atoms with Crippen molar-refractivity contribution in [3.05, 3.63) is 107 Å². The second-order valence-electron chi connectivity index (χ2n) is 5.81. The number of carbonyl (C=O) groups excluding carboxylic acids is 1. The Balaban J connectivity index is 2.17. The fourth-order valence-corrected chi connectivity index (χ4v) is 3.68. The summed E-state index contributed by atoms with van der Waals surface area (Å²) in [7, 11) is 0. The Kier molecular flexibility index (Phi) is 3.28. The average molecular weight is 313 g/mol. The van der Waals surface area contributed by atoms with Crippen LogP contribution < -0.4 is 0 Å². The van der Waals surface area contributed by atoms with Gasteiger partial charge in [-0.3, -0.25) is 4.79 Å². The van der Waals surface area contributed by atoms with Gasteiger partial charge >= 0.3 is 0 Å². The molecule has 4 rings (SSSR count). The summed E-state index contributed by atoms with van der Waals surface area (Å²) < 4.78 is 0. The largest absolute Gasteiger partial charge is 0.410 e. The molecular formula is C21H15NO2. The summed E-state index contributed by atoms with van der Waals surface area (Å²) >= 11 is 0. The van der Waals surface area contributed by atoms with Crippen LogP contribution in [0.4, 0.5) is 0 Å². The zero-order valence-electron chi connectivity index (χ0n) is 12.9. The van der Waals surface area contributed by atoms with Crippen molar-refractivity contribution in [3.8, 4) is 0 Å². The smallest absolute Gasteiger partial charge is 0.212 e. The van der Waals surface area contributed by atoms with E-state index in [0.717, 1.165) is 16.7 Å². The Hall–Kier alpha value is -3.20. The summed E-state index contributed by atoms with van der Waals surface area (Å²) in [6.07, 6.45) is 0. The Morgan fingerprint density at radius 1 is 0.708 bits per heavy atom. The van der Waals surface area contributed by atoms with Crippen molar-refractivity contribution in [2.24, 2.45) is 5.16 Å². The third kappa shape index (κ3) is 1.78. The number of nitrogens with zero attached hydrogens (tertiary/aromatic N) is 1. The molecule has 0 heterocycles. The number of hydrogen-bond acceptors (Lipinski definition) is 3. The van der Waals surface area contributed by atoms with E-state index < -0.39 is 5.41 Å². The fourth-order valence-electron chi connectivity index (χ4n) is 3.68. The summed E-state index contributed by atoms with van der Waals surface area (Å²) in [5.74, 6) is -0.235. The van der Waals surface area contributed by atoms with Gasteiger partial charge in [0.15, 0.2) is 0 Å². The molecule has 0 spiro atoms. The number of ketones is 1. The first kappa shape index (κ1) is 14.4. The molecule has 3 nitrogen and oxygen atoms in total. The maximum atomic E-state index is 12.9. The first-order chi connectivity index (χ1) is 11.8. The van der Waals surface area contributed by atoms with Gasteiger partial charge < -0.3 is 5.21 Å². The summed E-state index contributed by atoms with van der Waals surface area (Å²) in [6, 6.07) is 26.9. The zero-order chi connectivity index (χ0) is 16.6. The number of oxime groups is 1. The molecule has 3 heteroatoms. The molecule has 0 saturated carbocycles. The monoisotopic (exact) mass is 313 g/mol.